The van der Waals surface area contributed by atoms with Gasteiger partial charge in [-0.2, -0.15) is 0 Å². The third-order valence-corrected chi connectivity index (χ3v) is 2.88. The molecule has 0 spiro atoms. The summed E-state index contributed by atoms with van der Waals surface area (Å²) in [4.78, 5) is 11.6. The van der Waals surface area contributed by atoms with E-state index >= 15 is 0 Å². The maximum absolute atomic E-state index is 11.6. The minimum absolute atomic E-state index is 0.399. The molecule has 0 saturated carbocycles. The Morgan fingerprint density at radius 1 is 0.944 bits per heavy atom. The van der Waals surface area contributed by atoms with E-state index in [1.54, 1.807) is 54.6 Å². The fourth-order valence-corrected chi connectivity index (χ4v) is 1.85. The molecule has 0 fully saturated rings. The molecular weight excluding hydrogens is 228 g/mol. The highest BCUT2D eigenvalue weighted by molar-refractivity contribution is 5.88. The van der Waals surface area contributed by atoms with E-state index in [2.05, 4.69) is 0 Å². The molecule has 0 aromatic heterocycles. The summed E-state index contributed by atoms with van der Waals surface area (Å²) < 4.78 is 0. The number of hydrogen-bond acceptors (Lipinski definition) is 3. The molecule has 2 aromatic rings. The van der Waals surface area contributed by atoms with Crippen LogP contribution in [0.4, 0.5) is 5.69 Å². The Labute approximate surface area is 105 Å². The van der Waals surface area contributed by atoms with Crippen LogP contribution in [0.2, 0.25) is 0 Å². The minimum Gasteiger partial charge on any atom is -0.399 e. The summed E-state index contributed by atoms with van der Waals surface area (Å²) in [6, 6.07) is 15.0. The van der Waals surface area contributed by atoms with E-state index in [1.807, 2.05) is 0 Å². The molecule has 0 aliphatic carbocycles. The maximum Gasteiger partial charge on any atom is 0.258 e. The van der Waals surface area contributed by atoms with Gasteiger partial charge in [0.15, 0.2) is 5.60 Å². The molecule has 0 saturated heterocycles. The van der Waals surface area contributed by atoms with Crippen LogP contribution >= 0.6 is 0 Å². The van der Waals surface area contributed by atoms with Crippen LogP contribution < -0.4 is 11.5 Å². The molecule has 0 aliphatic rings. The fourth-order valence-electron chi connectivity index (χ4n) is 1.85. The molecule has 1 unspecified atom stereocenters. The van der Waals surface area contributed by atoms with Gasteiger partial charge >= 0.3 is 0 Å². The lowest BCUT2D eigenvalue weighted by atomic mass is 9.85. The van der Waals surface area contributed by atoms with Gasteiger partial charge in [0, 0.05) is 5.69 Å². The van der Waals surface area contributed by atoms with Gasteiger partial charge in [0.05, 0.1) is 0 Å². The second kappa shape index (κ2) is 4.50. The second-order valence-corrected chi connectivity index (χ2v) is 4.06. The van der Waals surface area contributed by atoms with Crippen LogP contribution in [0.3, 0.4) is 0 Å². The van der Waals surface area contributed by atoms with Crippen molar-refractivity contribution < 1.29 is 9.90 Å². The van der Waals surface area contributed by atoms with E-state index in [0.29, 0.717) is 16.8 Å². The van der Waals surface area contributed by atoms with Gasteiger partial charge in [-0.05, 0) is 23.3 Å². The van der Waals surface area contributed by atoms with Crippen LogP contribution in [0.5, 0.6) is 0 Å². The predicted molar refractivity (Wildman–Crippen MR) is 69.5 cm³/mol. The average molecular weight is 242 g/mol. The fraction of sp³-hybridized carbons (Fsp3) is 0.0714. The monoisotopic (exact) mass is 242 g/mol. The lowest BCUT2D eigenvalue weighted by Crippen LogP contribution is -2.42. The third-order valence-electron chi connectivity index (χ3n) is 2.88. The number of rotatable bonds is 3. The van der Waals surface area contributed by atoms with Crippen molar-refractivity contribution in [1.82, 2.24) is 0 Å². The number of hydrogen-bond donors (Lipinski definition) is 3. The van der Waals surface area contributed by atoms with Gasteiger partial charge in [-0.3, -0.25) is 4.79 Å². The number of aliphatic hydroxyl groups is 1. The number of carbonyl (C=O) groups excluding carboxylic acids is 1. The van der Waals surface area contributed by atoms with E-state index in [1.165, 1.54) is 0 Å². The molecule has 2 rings (SSSR count). The van der Waals surface area contributed by atoms with Crippen molar-refractivity contribution in [3.63, 3.8) is 0 Å². The van der Waals surface area contributed by atoms with Crippen LogP contribution in [0.15, 0.2) is 54.6 Å². The zero-order chi connectivity index (χ0) is 13.2. The van der Waals surface area contributed by atoms with E-state index in [4.69, 9.17) is 11.5 Å². The largest absolute Gasteiger partial charge is 0.399 e. The number of amides is 1. The van der Waals surface area contributed by atoms with Gasteiger partial charge in [-0.25, -0.2) is 0 Å². The summed E-state index contributed by atoms with van der Waals surface area (Å²) >= 11 is 0. The van der Waals surface area contributed by atoms with Crippen molar-refractivity contribution in [3.8, 4) is 0 Å². The van der Waals surface area contributed by atoms with Crippen molar-refractivity contribution in [2.45, 2.75) is 5.60 Å². The molecule has 1 amide bonds. The lowest BCUT2D eigenvalue weighted by Gasteiger charge is -2.25. The quantitative estimate of drug-likeness (QED) is 0.701. The Balaban J connectivity index is 2.58. The number of nitrogen functional groups attached to an aromatic ring is 1. The maximum atomic E-state index is 11.6. The average Bonchev–Trinajstić information content (AvgIpc) is 2.39. The van der Waals surface area contributed by atoms with Crippen molar-refractivity contribution in [1.29, 1.82) is 0 Å². The van der Waals surface area contributed by atoms with Crippen molar-refractivity contribution in [2.24, 2.45) is 5.73 Å². The van der Waals surface area contributed by atoms with E-state index in [-0.39, 0.29) is 0 Å². The zero-order valence-electron chi connectivity index (χ0n) is 9.71. The predicted octanol–water partition coefficient (Wildman–Crippen LogP) is 0.990. The molecular formula is C14H14N2O2. The molecule has 1 atom stereocenters. The SMILES string of the molecule is NC(=O)C(O)(c1ccccc1)c1ccc(N)cc1. The van der Waals surface area contributed by atoms with Gasteiger partial charge in [0.2, 0.25) is 0 Å². The van der Waals surface area contributed by atoms with Crippen LogP contribution in [-0.2, 0) is 10.4 Å². The second-order valence-electron chi connectivity index (χ2n) is 4.06. The summed E-state index contributed by atoms with van der Waals surface area (Å²) in [7, 11) is 0. The normalized spacial score (nSPS) is 13.8. The Bertz CT molecular complexity index is 552. The summed E-state index contributed by atoms with van der Waals surface area (Å²) in [5.74, 6) is -0.821. The van der Waals surface area contributed by atoms with Crippen LogP contribution in [-0.4, -0.2) is 11.0 Å². The topological polar surface area (TPSA) is 89.3 Å². The molecule has 0 bridgehead atoms. The van der Waals surface area contributed by atoms with Crippen LogP contribution in [0.1, 0.15) is 11.1 Å². The van der Waals surface area contributed by atoms with E-state index in [9.17, 15) is 9.90 Å². The molecule has 92 valence electrons. The Hall–Kier alpha value is -2.33. The van der Waals surface area contributed by atoms with Crippen LogP contribution in [0, 0.1) is 0 Å². The Kier molecular flexibility index (Phi) is 3.04. The summed E-state index contributed by atoms with van der Waals surface area (Å²) in [5, 5.41) is 10.6. The number of anilines is 1. The van der Waals surface area contributed by atoms with E-state index < -0.39 is 11.5 Å². The van der Waals surface area contributed by atoms with Crippen molar-refractivity contribution >= 4 is 11.6 Å². The standard InChI is InChI=1S/C14H14N2O2/c15-12-8-6-11(7-9-12)14(18,13(16)17)10-4-2-1-3-5-10/h1-9,18H,15H2,(H2,16,17). The smallest absolute Gasteiger partial charge is 0.258 e. The molecule has 0 heterocycles. The van der Waals surface area contributed by atoms with Gasteiger partial charge in [0.1, 0.15) is 0 Å². The Morgan fingerprint density at radius 2 is 1.44 bits per heavy atom. The first-order chi connectivity index (χ1) is 8.55. The highest BCUT2D eigenvalue weighted by atomic mass is 16.3. The summed E-state index contributed by atoms with van der Waals surface area (Å²) in [6.07, 6.45) is 0. The van der Waals surface area contributed by atoms with Gasteiger partial charge < -0.3 is 16.6 Å². The number of benzene rings is 2. The highest BCUT2D eigenvalue weighted by Gasteiger charge is 2.37. The van der Waals surface area contributed by atoms with Crippen LogP contribution in [0.25, 0.3) is 0 Å². The number of nitrogens with two attached hydrogens (primary N) is 2. The van der Waals surface area contributed by atoms with Crippen molar-refractivity contribution in [2.75, 3.05) is 5.73 Å². The number of carbonyl (C=O) groups is 1. The molecule has 0 aliphatic heterocycles. The van der Waals surface area contributed by atoms with Crippen molar-refractivity contribution in [3.05, 3.63) is 65.7 Å². The lowest BCUT2D eigenvalue weighted by molar-refractivity contribution is -0.133. The van der Waals surface area contributed by atoms with Gasteiger partial charge in [-0.15, -0.1) is 0 Å². The minimum atomic E-state index is -1.84. The molecule has 18 heavy (non-hydrogen) atoms. The molecule has 2 aromatic carbocycles. The first-order valence-corrected chi connectivity index (χ1v) is 5.49. The van der Waals surface area contributed by atoms with Gasteiger partial charge in [0.25, 0.3) is 5.91 Å². The first-order valence-electron chi connectivity index (χ1n) is 5.49. The zero-order valence-corrected chi connectivity index (χ0v) is 9.71. The molecule has 0 radical (unpaired) electrons. The van der Waals surface area contributed by atoms with Gasteiger partial charge in [-0.1, -0.05) is 42.5 Å². The third kappa shape index (κ3) is 1.94. The summed E-state index contributed by atoms with van der Waals surface area (Å²) in [6.45, 7) is 0. The van der Waals surface area contributed by atoms with E-state index in [0.717, 1.165) is 0 Å². The molecule has 5 N–H and O–H groups in total. The Morgan fingerprint density at radius 3 is 1.94 bits per heavy atom. The first kappa shape index (κ1) is 12.1. The summed E-state index contributed by atoms with van der Waals surface area (Å²) in [5.41, 5.74) is 10.5. The number of primary amides is 1. The highest BCUT2D eigenvalue weighted by Crippen LogP contribution is 2.29. The molecule has 4 heteroatoms. The molecule has 4 nitrogen and oxygen atoms in total.